The lowest BCUT2D eigenvalue weighted by atomic mass is 10.2. The molecule has 3 nitrogen and oxygen atoms in total. The fourth-order valence-corrected chi connectivity index (χ4v) is 1.13. The zero-order valence-corrected chi connectivity index (χ0v) is 8.37. The fourth-order valence-electron chi connectivity index (χ4n) is 1.13. The van der Waals surface area contributed by atoms with Crippen LogP contribution in [0.3, 0.4) is 0 Å². The summed E-state index contributed by atoms with van der Waals surface area (Å²) in [7, 11) is 0. The van der Waals surface area contributed by atoms with E-state index in [4.69, 9.17) is 9.52 Å². The average molecular weight is 183 g/mol. The molecular formula is C10H17NO2. The molecule has 2 N–H and O–H groups in total. The van der Waals surface area contributed by atoms with Crippen molar-refractivity contribution in [3.05, 3.63) is 23.7 Å². The van der Waals surface area contributed by atoms with Crippen LogP contribution < -0.4 is 5.32 Å². The highest BCUT2D eigenvalue weighted by Gasteiger charge is 2.08. The van der Waals surface area contributed by atoms with Gasteiger partial charge in [0, 0.05) is 6.54 Å². The summed E-state index contributed by atoms with van der Waals surface area (Å²) < 4.78 is 5.43. The van der Waals surface area contributed by atoms with Gasteiger partial charge in [0.1, 0.15) is 11.5 Å². The molecular weight excluding hydrogens is 166 g/mol. The van der Waals surface area contributed by atoms with Crippen LogP contribution in [0.1, 0.15) is 31.4 Å². The number of furan rings is 1. The van der Waals surface area contributed by atoms with E-state index in [2.05, 4.69) is 5.32 Å². The third kappa shape index (κ3) is 3.20. The quantitative estimate of drug-likeness (QED) is 0.745. The molecule has 0 saturated heterocycles. The van der Waals surface area contributed by atoms with E-state index in [1.54, 1.807) is 6.92 Å². The number of aliphatic hydroxyl groups excluding tert-OH is 1. The monoisotopic (exact) mass is 183 g/mol. The molecule has 0 amide bonds. The summed E-state index contributed by atoms with van der Waals surface area (Å²) >= 11 is 0. The van der Waals surface area contributed by atoms with E-state index < -0.39 is 0 Å². The van der Waals surface area contributed by atoms with Crippen molar-refractivity contribution in [1.29, 1.82) is 0 Å². The number of nitrogens with one attached hydrogen (secondary N) is 1. The zero-order chi connectivity index (χ0) is 9.84. The molecule has 1 rings (SSSR count). The van der Waals surface area contributed by atoms with Crippen LogP contribution in [0, 0.1) is 6.92 Å². The zero-order valence-electron chi connectivity index (χ0n) is 8.37. The van der Waals surface area contributed by atoms with Gasteiger partial charge < -0.3 is 14.8 Å². The molecule has 0 spiro atoms. The summed E-state index contributed by atoms with van der Waals surface area (Å²) in [5.41, 5.74) is 0. The highest BCUT2D eigenvalue weighted by Crippen LogP contribution is 2.14. The standard InChI is InChI=1S/C10H17NO2/c1-7(12)6-11-9(3)10-5-4-8(2)13-10/h4-5,7,9,11-12H,6H2,1-3H3. The smallest absolute Gasteiger partial charge is 0.120 e. The van der Waals surface area contributed by atoms with E-state index >= 15 is 0 Å². The Labute approximate surface area is 78.8 Å². The van der Waals surface area contributed by atoms with Crippen LogP contribution in [-0.2, 0) is 0 Å². The first-order valence-corrected chi connectivity index (χ1v) is 4.57. The second-order valence-electron chi connectivity index (χ2n) is 3.43. The topological polar surface area (TPSA) is 45.4 Å². The van der Waals surface area contributed by atoms with Crippen LogP contribution in [0.5, 0.6) is 0 Å². The summed E-state index contributed by atoms with van der Waals surface area (Å²) in [4.78, 5) is 0. The van der Waals surface area contributed by atoms with Gasteiger partial charge in [0.25, 0.3) is 0 Å². The molecule has 74 valence electrons. The molecule has 1 aromatic heterocycles. The predicted octanol–water partition coefficient (Wildman–Crippen LogP) is 1.62. The summed E-state index contributed by atoms with van der Waals surface area (Å²) in [6.45, 7) is 6.28. The van der Waals surface area contributed by atoms with Crippen LogP contribution in [0.2, 0.25) is 0 Å². The highest BCUT2D eigenvalue weighted by molar-refractivity contribution is 5.08. The Bertz CT molecular complexity index is 255. The lowest BCUT2D eigenvalue weighted by molar-refractivity contribution is 0.185. The van der Waals surface area contributed by atoms with Gasteiger partial charge in [-0.05, 0) is 32.9 Å². The molecule has 0 saturated carbocycles. The van der Waals surface area contributed by atoms with Crippen molar-refractivity contribution in [3.8, 4) is 0 Å². The van der Waals surface area contributed by atoms with Gasteiger partial charge in [0.05, 0.1) is 12.1 Å². The Morgan fingerprint density at radius 1 is 1.46 bits per heavy atom. The Hall–Kier alpha value is -0.800. The number of aryl methyl sites for hydroxylation is 1. The van der Waals surface area contributed by atoms with Crippen LogP contribution in [-0.4, -0.2) is 17.8 Å². The Morgan fingerprint density at radius 3 is 2.62 bits per heavy atom. The minimum atomic E-state index is -0.321. The number of rotatable bonds is 4. The summed E-state index contributed by atoms with van der Waals surface area (Å²) in [6.07, 6.45) is -0.321. The minimum absolute atomic E-state index is 0.156. The molecule has 2 atom stereocenters. The van der Waals surface area contributed by atoms with Crippen LogP contribution >= 0.6 is 0 Å². The SMILES string of the molecule is Cc1ccc(C(C)NCC(C)O)o1. The maximum absolute atomic E-state index is 9.06. The number of aliphatic hydroxyl groups is 1. The second-order valence-corrected chi connectivity index (χ2v) is 3.43. The second kappa shape index (κ2) is 4.44. The van der Waals surface area contributed by atoms with Gasteiger partial charge in [0.15, 0.2) is 0 Å². The largest absolute Gasteiger partial charge is 0.465 e. The highest BCUT2D eigenvalue weighted by atomic mass is 16.3. The molecule has 13 heavy (non-hydrogen) atoms. The van der Waals surface area contributed by atoms with Gasteiger partial charge in [-0.25, -0.2) is 0 Å². The first-order chi connectivity index (χ1) is 6.09. The van der Waals surface area contributed by atoms with Crippen LogP contribution in [0.15, 0.2) is 16.5 Å². The normalized spacial score (nSPS) is 15.7. The van der Waals surface area contributed by atoms with Crippen LogP contribution in [0.25, 0.3) is 0 Å². The molecule has 0 aliphatic carbocycles. The molecule has 1 heterocycles. The number of hydrogen-bond acceptors (Lipinski definition) is 3. The van der Waals surface area contributed by atoms with E-state index in [1.165, 1.54) is 0 Å². The number of hydrogen-bond donors (Lipinski definition) is 2. The van der Waals surface area contributed by atoms with E-state index in [-0.39, 0.29) is 12.1 Å². The van der Waals surface area contributed by atoms with Crippen molar-refractivity contribution in [3.63, 3.8) is 0 Å². The van der Waals surface area contributed by atoms with E-state index in [1.807, 2.05) is 26.0 Å². The van der Waals surface area contributed by atoms with Crippen molar-refractivity contribution in [2.24, 2.45) is 0 Å². The maximum Gasteiger partial charge on any atom is 0.120 e. The molecule has 0 bridgehead atoms. The van der Waals surface area contributed by atoms with Crippen molar-refractivity contribution >= 4 is 0 Å². The Morgan fingerprint density at radius 2 is 2.15 bits per heavy atom. The molecule has 0 aliphatic rings. The molecule has 1 aromatic rings. The van der Waals surface area contributed by atoms with Crippen molar-refractivity contribution in [2.75, 3.05) is 6.54 Å². The minimum Gasteiger partial charge on any atom is -0.465 e. The maximum atomic E-state index is 9.06. The van der Waals surface area contributed by atoms with Gasteiger partial charge in [-0.15, -0.1) is 0 Å². The molecule has 0 aromatic carbocycles. The third-order valence-electron chi connectivity index (χ3n) is 1.91. The van der Waals surface area contributed by atoms with Crippen molar-refractivity contribution in [1.82, 2.24) is 5.32 Å². The van der Waals surface area contributed by atoms with E-state index in [0.29, 0.717) is 6.54 Å². The summed E-state index contributed by atoms with van der Waals surface area (Å²) in [5, 5.41) is 12.2. The van der Waals surface area contributed by atoms with Gasteiger partial charge in [0.2, 0.25) is 0 Å². The molecule has 2 unspecified atom stereocenters. The van der Waals surface area contributed by atoms with E-state index in [9.17, 15) is 0 Å². The first-order valence-electron chi connectivity index (χ1n) is 4.57. The molecule has 3 heteroatoms. The fraction of sp³-hybridized carbons (Fsp3) is 0.600. The summed E-state index contributed by atoms with van der Waals surface area (Å²) in [5.74, 6) is 1.83. The van der Waals surface area contributed by atoms with Gasteiger partial charge in [-0.3, -0.25) is 0 Å². The summed E-state index contributed by atoms with van der Waals surface area (Å²) in [6, 6.07) is 4.05. The average Bonchev–Trinajstić information content (AvgIpc) is 2.47. The Kier molecular flexibility index (Phi) is 3.51. The van der Waals surface area contributed by atoms with Gasteiger partial charge in [-0.2, -0.15) is 0 Å². The van der Waals surface area contributed by atoms with Gasteiger partial charge >= 0.3 is 0 Å². The van der Waals surface area contributed by atoms with Gasteiger partial charge in [-0.1, -0.05) is 0 Å². The molecule has 0 radical (unpaired) electrons. The lowest BCUT2D eigenvalue weighted by Gasteiger charge is -2.12. The predicted molar refractivity (Wildman–Crippen MR) is 51.5 cm³/mol. The molecule has 0 aliphatic heterocycles. The van der Waals surface area contributed by atoms with Crippen molar-refractivity contribution in [2.45, 2.75) is 32.9 Å². The van der Waals surface area contributed by atoms with Crippen molar-refractivity contribution < 1.29 is 9.52 Å². The Balaban J connectivity index is 2.44. The van der Waals surface area contributed by atoms with E-state index in [0.717, 1.165) is 11.5 Å². The third-order valence-corrected chi connectivity index (χ3v) is 1.91. The van der Waals surface area contributed by atoms with Crippen LogP contribution in [0.4, 0.5) is 0 Å². The lowest BCUT2D eigenvalue weighted by Crippen LogP contribution is -2.26. The first kappa shape index (κ1) is 10.3. The molecule has 0 fully saturated rings.